The van der Waals surface area contributed by atoms with Crippen molar-refractivity contribution in [2.75, 3.05) is 26.3 Å². The molecule has 2 heterocycles. The Hall–Kier alpha value is -2.59. The van der Waals surface area contributed by atoms with Gasteiger partial charge in [0.15, 0.2) is 0 Å². The molecule has 0 saturated carbocycles. The maximum absolute atomic E-state index is 12.9. The Kier molecular flexibility index (Phi) is 5.74. The average Bonchev–Trinajstić information content (AvgIpc) is 2.66. The molecule has 0 spiro atoms. The van der Waals surface area contributed by atoms with Gasteiger partial charge in [-0.05, 0) is 37.0 Å². The number of morpholine rings is 1. The molecule has 0 aromatic heterocycles. The van der Waals surface area contributed by atoms with Crippen molar-refractivity contribution in [3.63, 3.8) is 0 Å². The molecule has 4 nitrogen and oxygen atoms in total. The lowest BCUT2D eigenvalue weighted by Crippen LogP contribution is -2.36. The van der Waals surface area contributed by atoms with E-state index in [-0.39, 0.29) is 5.91 Å². The van der Waals surface area contributed by atoms with Crippen LogP contribution < -0.4 is 0 Å². The van der Waals surface area contributed by atoms with Crippen molar-refractivity contribution < 1.29 is 9.53 Å². The molecule has 0 radical (unpaired) electrons. The molecular formula is C22H26N2O2. The second-order valence-electron chi connectivity index (χ2n) is 6.75. The first-order valence-corrected chi connectivity index (χ1v) is 9.01. The quantitative estimate of drug-likeness (QED) is 0.777. The van der Waals surface area contributed by atoms with E-state index in [9.17, 15) is 4.79 Å². The molecule has 136 valence electrons. The molecule has 0 aliphatic carbocycles. The third-order valence-corrected chi connectivity index (χ3v) is 4.71. The summed E-state index contributed by atoms with van der Waals surface area (Å²) in [5.41, 5.74) is 5.05. The van der Waals surface area contributed by atoms with Gasteiger partial charge < -0.3 is 9.64 Å². The summed E-state index contributed by atoms with van der Waals surface area (Å²) in [4.78, 5) is 16.7. The maximum atomic E-state index is 12.9. The van der Waals surface area contributed by atoms with Gasteiger partial charge in [0.25, 0.3) is 5.91 Å². The van der Waals surface area contributed by atoms with Crippen LogP contribution in [0.2, 0.25) is 0 Å². The van der Waals surface area contributed by atoms with Crippen molar-refractivity contribution in [1.82, 2.24) is 9.80 Å². The fourth-order valence-electron chi connectivity index (χ4n) is 3.25. The first-order chi connectivity index (χ1) is 12.5. The molecule has 26 heavy (non-hydrogen) atoms. The van der Waals surface area contributed by atoms with Gasteiger partial charge in [0, 0.05) is 36.8 Å². The fraction of sp³-hybridized carbons (Fsp3) is 0.318. The second kappa shape index (κ2) is 8.19. The molecule has 1 amide bonds. The monoisotopic (exact) mass is 350 g/mol. The molecule has 2 aliphatic heterocycles. The summed E-state index contributed by atoms with van der Waals surface area (Å²) < 4.78 is 5.38. The zero-order chi connectivity index (χ0) is 18.5. The van der Waals surface area contributed by atoms with Crippen molar-refractivity contribution in [2.45, 2.75) is 20.3 Å². The SMILES string of the molecule is C=C1C(Cc2ccccc2)=CC(C)=CN1C(=O)/C=C(\C)N1CCOCC1. The normalized spacial score (nSPS) is 18.5. The highest BCUT2D eigenvalue weighted by Crippen LogP contribution is 2.26. The average molecular weight is 350 g/mol. The Morgan fingerprint density at radius 2 is 1.92 bits per heavy atom. The predicted octanol–water partition coefficient (Wildman–Crippen LogP) is 3.65. The van der Waals surface area contributed by atoms with E-state index >= 15 is 0 Å². The highest BCUT2D eigenvalue weighted by Gasteiger charge is 2.21. The van der Waals surface area contributed by atoms with E-state index in [4.69, 9.17) is 4.74 Å². The first kappa shape index (κ1) is 18.2. The molecule has 4 heteroatoms. The van der Waals surface area contributed by atoms with Crippen LogP contribution in [0.25, 0.3) is 0 Å². The molecule has 0 atom stereocenters. The summed E-state index contributed by atoms with van der Waals surface area (Å²) in [6.07, 6.45) is 6.44. The van der Waals surface area contributed by atoms with E-state index < -0.39 is 0 Å². The molecule has 2 aliphatic rings. The van der Waals surface area contributed by atoms with Crippen LogP contribution >= 0.6 is 0 Å². The summed E-state index contributed by atoms with van der Waals surface area (Å²) in [6.45, 7) is 11.2. The molecule has 0 bridgehead atoms. The van der Waals surface area contributed by atoms with E-state index in [1.165, 1.54) is 5.56 Å². The largest absolute Gasteiger partial charge is 0.378 e. The van der Waals surface area contributed by atoms with Crippen molar-refractivity contribution >= 4 is 5.91 Å². The summed E-state index contributed by atoms with van der Waals surface area (Å²) in [6, 6.07) is 10.3. The zero-order valence-corrected chi connectivity index (χ0v) is 15.6. The van der Waals surface area contributed by atoms with E-state index in [1.54, 1.807) is 11.0 Å². The Morgan fingerprint density at radius 3 is 2.62 bits per heavy atom. The van der Waals surface area contributed by atoms with Gasteiger partial charge in [0.1, 0.15) is 0 Å². The second-order valence-corrected chi connectivity index (χ2v) is 6.75. The van der Waals surface area contributed by atoms with Crippen LogP contribution in [0.3, 0.4) is 0 Å². The third kappa shape index (κ3) is 4.33. The highest BCUT2D eigenvalue weighted by molar-refractivity contribution is 5.91. The number of rotatable bonds is 4. The van der Waals surface area contributed by atoms with Gasteiger partial charge in [0.05, 0.1) is 13.2 Å². The van der Waals surface area contributed by atoms with E-state index in [0.717, 1.165) is 42.1 Å². The number of nitrogens with zero attached hydrogens (tertiary/aromatic N) is 2. The van der Waals surface area contributed by atoms with Gasteiger partial charge in [-0.1, -0.05) is 43.0 Å². The Balaban J connectivity index is 1.74. The highest BCUT2D eigenvalue weighted by atomic mass is 16.5. The summed E-state index contributed by atoms with van der Waals surface area (Å²) in [5.74, 6) is -0.0583. The van der Waals surface area contributed by atoms with Gasteiger partial charge in [0.2, 0.25) is 0 Å². The number of carbonyl (C=O) groups excluding carboxylic acids is 1. The molecule has 1 saturated heterocycles. The van der Waals surface area contributed by atoms with Crippen LogP contribution in [0.1, 0.15) is 19.4 Å². The molecule has 1 aromatic rings. The third-order valence-electron chi connectivity index (χ3n) is 4.71. The number of amides is 1. The topological polar surface area (TPSA) is 32.8 Å². The lowest BCUT2D eigenvalue weighted by Gasteiger charge is -2.30. The number of ether oxygens (including phenoxy) is 1. The standard InChI is InChI=1S/C22H26N2O2/c1-17-13-21(15-20-7-5-4-6-8-20)19(3)24(16-17)22(25)14-18(2)23-9-11-26-12-10-23/h4-8,13-14,16H,3,9-12,15H2,1-2H3/b18-14+. The first-order valence-electron chi connectivity index (χ1n) is 9.01. The lowest BCUT2D eigenvalue weighted by atomic mass is 9.98. The number of benzene rings is 1. The molecule has 1 aromatic carbocycles. The Morgan fingerprint density at radius 1 is 1.23 bits per heavy atom. The van der Waals surface area contributed by atoms with Crippen LogP contribution in [0.15, 0.2) is 77.8 Å². The van der Waals surface area contributed by atoms with Gasteiger partial charge in [-0.3, -0.25) is 9.69 Å². The van der Waals surface area contributed by atoms with Crippen molar-refractivity contribution in [2.24, 2.45) is 0 Å². The summed E-state index contributed by atoms with van der Waals surface area (Å²) >= 11 is 0. The minimum absolute atomic E-state index is 0.0583. The smallest absolute Gasteiger partial charge is 0.256 e. The van der Waals surface area contributed by atoms with Crippen LogP contribution in [-0.4, -0.2) is 42.0 Å². The van der Waals surface area contributed by atoms with Crippen molar-refractivity contribution in [1.29, 1.82) is 0 Å². The summed E-state index contributed by atoms with van der Waals surface area (Å²) in [5, 5.41) is 0. The number of allylic oxidation sites excluding steroid dienone is 4. The minimum Gasteiger partial charge on any atom is -0.378 e. The van der Waals surface area contributed by atoms with Crippen molar-refractivity contribution in [3.05, 3.63) is 83.4 Å². The van der Waals surface area contributed by atoms with E-state index in [1.807, 2.05) is 38.2 Å². The predicted molar refractivity (Wildman–Crippen MR) is 104 cm³/mol. The lowest BCUT2D eigenvalue weighted by molar-refractivity contribution is -0.122. The van der Waals surface area contributed by atoms with E-state index in [0.29, 0.717) is 13.2 Å². The van der Waals surface area contributed by atoms with Crippen LogP contribution in [0.4, 0.5) is 0 Å². The van der Waals surface area contributed by atoms with Crippen LogP contribution in [0.5, 0.6) is 0 Å². The summed E-state index contributed by atoms with van der Waals surface area (Å²) in [7, 11) is 0. The number of carbonyl (C=O) groups is 1. The van der Waals surface area contributed by atoms with Crippen molar-refractivity contribution in [3.8, 4) is 0 Å². The fourth-order valence-corrected chi connectivity index (χ4v) is 3.25. The van der Waals surface area contributed by atoms with Crippen LogP contribution in [-0.2, 0) is 16.0 Å². The Bertz CT molecular complexity index is 769. The van der Waals surface area contributed by atoms with Gasteiger partial charge in [-0.25, -0.2) is 0 Å². The maximum Gasteiger partial charge on any atom is 0.256 e. The zero-order valence-electron chi connectivity index (χ0n) is 15.6. The molecule has 1 fully saturated rings. The number of hydrogen-bond acceptors (Lipinski definition) is 3. The Labute approximate surface area is 155 Å². The van der Waals surface area contributed by atoms with Gasteiger partial charge in [-0.2, -0.15) is 0 Å². The van der Waals surface area contributed by atoms with E-state index in [2.05, 4.69) is 29.7 Å². The minimum atomic E-state index is -0.0583. The molecule has 3 rings (SSSR count). The molecule has 0 N–H and O–H groups in total. The van der Waals surface area contributed by atoms with Gasteiger partial charge >= 0.3 is 0 Å². The molecule has 0 unspecified atom stereocenters. The van der Waals surface area contributed by atoms with Crippen LogP contribution in [0, 0.1) is 0 Å². The van der Waals surface area contributed by atoms with Gasteiger partial charge in [-0.15, -0.1) is 0 Å². The number of hydrogen-bond donors (Lipinski definition) is 0. The molecular weight excluding hydrogens is 324 g/mol.